The first kappa shape index (κ1) is 66.7. The molecule has 0 aromatic carbocycles. The molecule has 2 atom stereocenters. The van der Waals surface area contributed by atoms with Crippen molar-refractivity contribution in [2.75, 3.05) is 26.4 Å². The van der Waals surface area contributed by atoms with Crippen LogP contribution >= 0.6 is 7.82 Å². The van der Waals surface area contributed by atoms with Crippen LogP contribution in [0.5, 0.6) is 0 Å². The van der Waals surface area contributed by atoms with E-state index in [2.05, 4.69) is 76.4 Å². The van der Waals surface area contributed by atoms with Crippen molar-refractivity contribution < 1.29 is 42.4 Å². The zero-order chi connectivity index (χ0) is 53.0. The number of ether oxygens (including phenoxy) is 2. The van der Waals surface area contributed by atoms with Crippen molar-refractivity contribution in [3.63, 3.8) is 0 Å². The van der Waals surface area contributed by atoms with E-state index in [1.807, 2.05) is 32.1 Å². The number of unbranched alkanes of at least 4 members (excludes halogenated alkanes) is 22. The fourth-order valence-corrected chi connectivity index (χ4v) is 9.54. The quantitative estimate of drug-likeness (QED) is 0.0152. The molecule has 1 aliphatic rings. The maximum absolute atomic E-state index is 12.9. The largest absolute Gasteiger partial charge is 0.472 e. The van der Waals surface area contributed by atoms with Gasteiger partial charge in [-0.2, -0.15) is 0 Å². The zero-order valence-corrected chi connectivity index (χ0v) is 47.7. The van der Waals surface area contributed by atoms with Crippen molar-refractivity contribution in [1.29, 1.82) is 0 Å². The number of nitrogens with one attached hydrogen (secondary N) is 1. The normalized spacial score (nSPS) is 15.8. The fraction of sp³-hybridized carbons (Fsp3) is 0.721. The minimum Gasteiger partial charge on any atom is -0.462 e. The number of rotatable bonds is 45. The molecule has 10 nitrogen and oxygen atoms in total. The number of hydrogen-bond acceptors (Lipinski definition) is 8. The highest BCUT2D eigenvalue weighted by Gasteiger charge is 2.27. The molecule has 0 spiro atoms. The van der Waals surface area contributed by atoms with Gasteiger partial charge in [0, 0.05) is 25.5 Å². The van der Waals surface area contributed by atoms with Crippen molar-refractivity contribution in [3.05, 3.63) is 83.1 Å². The summed E-state index contributed by atoms with van der Waals surface area (Å²) in [4.78, 5) is 48.6. The Bertz CT molecular complexity index is 1720. The van der Waals surface area contributed by atoms with Crippen LogP contribution in [0.4, 0.5) is 0 Å². The van der Waals surface area contributed by atoms with E-state index in [0.29, 0.717) is 12.8 Å². The Morgan fingerprint density at radius 3 is 1.69 bits per heavy atom. The van der Waals surface area contributed by atoms with Crippen molar-refractivity contribution in [3.8, 4) is 0 Å². The van der Waals surface area contributed by atoms with Gasteiger partial charge in [-0.3, -0.25) is 23.4 Å². The van der Waals surface area contributed by atoms with Crippen LogP contribution in [-0.4, -0.2) is 55.2 Å². The predicted molar refractivity (Wildman–Crippen MR) is 301 cm³/mol. The van der Waals surface area contributed by atoms with Gasteiger partial charge in [0.15, 0.2) is 6.10 Å². The Morgan fingerprint density at radius 2 is 1.17 bits per heavy atom. The standard InChI is InChI=1S/C61H104NO9P/c1-8-10-12-14-16-18-20-22-24-26-28-30-32-34-36-43-59(64)68-51-56(71-60(65)44-37-35-33-31-29-27-25-23-21-19-17-15-13-11-9-2)52-70-72(66,67)69-49-48-62-58(63)50-54(4)41-38-40-53(3)45-46-57-55(5)42-39-47-61(57,6)7/h22-25,38,40-41,45-46,50,56H,8-21,26-37,39,42-44,47-49,51-52H2,1-7H3,(H,62,63)(H,66,67)/t56-/m1/s1. The van der Waals surface area contributed by atoms with Gasteiger partial charge >= 0.3 is 19.8 Å². The number of carbonyl (C=O) groups excluding carboxylic acids is 3. The third kappa shape index (κ3) is 39.2. The maximum atomic E-state index is 12.9. The lowest BCUT2D eigenvalue weighted by Crippen LogP contribution is -2.30. The van der Waals surface area contributed by atoms with Gasteiger partial charge in [-0.05, 0) is 121 Å². The number of amides is 1. The molecule has 0 aromatic rings. The van der Waals surface area contributed by atoms with Gasteiger partial charge in [-0.15, -0.1) is 0 Å². The summed E-state index contributed by atoms with van der Waals surface area (Å²) >= 11 is 0. The molecule has 1 aliphatic carbocycles. The summed E-state index contributed by atoms with van der Waals surface area (Å²) in [5, 5.41) is 2.65. The molecule has 1 amide bonds. The van der Waals surface area contributed by atoms with E-state index in [4.69, 9.17) is 18.5 Å². The van der Waals surface area contributed by atoms with E-state index in [9.17, 15) is 23.8 Å². The molecule has 0 radical (unpaired) electrons. The monoisotopic (exact) mass is 1030 g/mol. The Kier molecular flexibility index (Phi) is 40.8. The molecule has 1 rings (SSSR count). The van der Waals surface area contributed by atoms with Crippen LogP contribution < -0.4 is 5.32 Å². The molecular weight excluding hydrogens is 922 g/mol. The first-order chi connectivity index (χ1) is 34.7. The lowest BCUT2D eigenvalue weighted by atomic mass is 9.72. The minimum absolute atomic E-state index is 0.0437. The van der Waals surface area contributed by atoms with Crippen LogP contribution in [-0.2, 0) is 37.5 Å². The van der Waals surface area contributed by atoms with Gasteiger partial charge in [-0.25, -0.2) is 4.57 Å². The summed E-state index contributed by atoms with van der Waals surface area (Å²) < 4.78 is 34.2. The predicted octanol–water partition coefficient (Wildman–Crippen LogP) is 17.3. The summed E-state index contributed by atoms with van der Waals surface area (Å²) in [6.45, 7) is 14.0. The number of allylic oxidation sites excluding steroid dienone is 13. The van der Waals surface area contributed by atoms with Crippen molar-refractivity contribution >= 4 is 25.7 Å². The molecule has 0 bridgehead atoms. The highest BCUT2D eigenvalue weighted by atomic mass is 31.2. The van der Waals surface area contributed by atoms with E-state index in [0.717, 1.165) is 88.2 Å². The second-order valence-corrected chi connectivity index (χ2v) is 22.2. The number of phosphoric acid groups is 1. The Balaban J connectivity index is 2.55. The molecule has 2 N–H and O–H groups in total. The number of phosphoric ester groups is 1. The zero-order valence-electron chi connectivity index (χ0n) is 46.8. The molecule has 0 saturated heterocycles. The van der Waals surface area contributed by atoms with Gasteiger partial charge in [0.05, 0.1) is 13.2 Å². The number of hydrogen-bond donors (Lipinski definition) is 2. The van der Waals surface area contributed by atoms with Crippen LogP contribution in [0, 0.1) is 5.41 Å². The minimum atomic E-state index is -4.61. The van der Waals surface area contributed by atoms with Crippen LogP contribution in [0.3, 0.4) is 0 Å². The van der Waals surface area contributed by atoms with E-state index in [1.54, 1.807) is 0 Å². The van der Waals surface area contributed by atoms with Gasteiger partial charge in [0.25, 0.3) is 0 Å². The van der Waals surface area contributed by atoms with E-state index >= 15 is 0 Å². The summed E-state index contributed by atoms with van der Waals surface area (Å²) in [6, 6.07) is 0. The molecule has 412 valence electrons. The summed E-state index contributed by atoms with van der Waals surface area (Å²) in [7, 11) is -4.61. The lowest BCUT2D eigenvalue weighted by Gasteiger charge is -2.32. The molecule has 72 heavy (non-hydrogen) atoms. The molecule has 0 fully saturated rings. The molecular formula is C61H104NO9P. The highest BCUT2D eigenvalue weighted by molar-refractivity contribution is 7.47. The first-order valence-corrected chi connectivity index (χ1v) is 30.1. The number of carbonyl (C=O) groups is 3. The Morgan fingerprint density at radius 1 is 0.667 bits per heavy atom. The third-order valence-electron chi connectivity index (χ3n) is 13.2. The van der Waals surface area contributed by atoms with Crippen LogP contribution in [0.25, 0.3) is 0 Å². The molecule has 0 saturated carbocycles. The average molecular weight is 1030 g/mol. The van der Waals surface area contributed by atoms with E-state index in [1.165, 1.54) is 114 Å². The van der Waals surface area contributed by atoms with Gasteiger partial charge in [0.1, 0.15) is 6.61 Å². The van der Waals surface area contributed by atoms with Crippen LogP contribution in [0.2, 0.25) is 0 Å². The summed E-state index contributed by atoms with van der Waals surface area (Å²) in [6.07, 6.45) is 53.6. The van der Waals surface area contributed by atoms with Crippen molar-refractivity contribution in [1.82, 2.24) is 5.32 Å². The second-order valence-electron chi connectivity index (χ2n) is 20.8. The van der Waals surface area contributed by atoms with Gasteiger partial charge in [0.2, 0.25) is 5.91 Å². The molecule has 0 aromatic heterocycles. The smallest absolute Gasteiger partial charge is 0.462 e. The average Bonchev–Trinajstić information content (AvgIpc) is 3.33. The van der Waals surface area contributed by atoms with Crippen LogP contribution in [0.15, 0.2) is 83.1 Å². The Labute approximate surface area is 440 Å². The molecule has 1 unspecified atom stereocenters. The van der Waals surface area contributed by atoms with Crippen molar-refractivity contribution in [2.24, 2.45) is 5.41 Å². The van der Waals surface area contributed by atoms with E-state index in [-0.39, 0.29) is 43.9 Å². The third-order valence-corrected chi connectivity index (χ3v) is 14.2. The molecule has 0 aliphatic heterocycles. The van der Waals surface area contributed by atoms with E-state index < -0.39 is 32.5 Å². The molecule has 0 heterocycles. The number of esters is 2. The topological polar surface area (TPSA) is 137 Å². The highest BCUT2D eigenvalue weighted by Crippen LogP contribution is 2.43. The maximum Gasteiger partial charge on any atom is 0.472 e. The Hall–Kier alpha value is -3.30. The van der Waals surface area contributed by atoms with Gasteiger partial charge < -0.3 is 19.7 Å². The van der Waals surface area contributed by atoms with Crippen molar-refractivity contribution in [2.45, 2.75) is 254 Å². The van der Waals surface area contributed by atoms with Gasteiger partial charge in [-0.1, -0.05) is 196 Å². The summed E-state index contributed by atoms with van der Waals surface area (Å²) in [5.74, 6) is -1.28. The second kappa shape index (κ2) is 44.0. The fourth-order valence-electron chi connectivity index (χ4n) is 8.79. The first-order valence-electron chi connectivity index (χ1n) is 28.7. The van der Waals surface area contributed by atoms with Crippen LogP contribution in [0.1, 0.15) is 248 Å². The summed E-state index contributed by atoms with van der Waals surface area (Å²) in [5.41, 5.74) is 4.87. The molecule has 11 heteroatoms. The SMILES string of the molecule is CCCCCCCCC=CCCCCCCCC(=O)OC[C@H](COP(=O)(O)OCCNC(=O)C=C(C)C=CC=C(C)C=CC1=C(C)CCCC1(C)C)OC(=O)CCCCCCCC=CCCCCCCCC. The lowest BCUT2D eigenvalue weighted by molar-refractivity contribution is -0.161.